The van der Waals surface area contributed by atoms with Crippen LogP contribution in [0.5, 0.6) is 0 Å². The molecule has 0 aliphatic heterocycles. The van der Waals surface area contributed by atoms with Gasteiger partial charge in [-0.1, -0.05) is 110 Å². The first-order valence-corrected chi connectivity index (χ1v) is 10.8. The summed E-state index contributed by atoms with van der Waals surface area (Å²) in [5.41, 5.74) is 0. The molecule has 2 aliphatic carbocycles. The summed E-state index contributed by atoms with van der Waals surface area (Å²) in [6.45, 7) is 4.73. The lowest BCUT2D eigenvalue weighted by atomic mass is 9.68. The van der Waals surface area contributed by atoms with Crippen LogP contribution in [-0.2, 0) is 0 Å². The van der Waals surface area contributed by atoms with Crippen LogP contribution in [0.25, 0.3) is 0 Å². The summed E-state index contributed by atoms with van der Waals surface area (Å²) in [4.78, 5) is 0. The monoisotopic (exact) mass is 306 g/mol. The highest BCUT2D eigenvalue weighted by Gasteiger charge is 2.30. The molecule has 0 spiro atoms. The Labute approximate surface area is 140 Å². The van der Waals surface area contributed by atoms with Gasteiger partial charge >= 0.3 is 0 Å². The smallest absolute Gasteiger partial charge is 0.0357 e. The zero-order valence-corrected chi connectivity index (χ0v) is 15.6. The average molecular weight is 307 g/mol. The second kappa shape index (κ2) is 10.7. The van der Waals surface area contributed by atoms with Gasteiger partial charge in [0.25, 0.3) is 0 Å². The molecule has 0 unspecified atom stereocenters. The minimum absolute atomic E-state index is 0.900. The average Bonchev–Trinajstić information content (AvgIpc) is 2.55. The Morgan fingerprint density at radius 3 is 1.50 bits per heavy atom. The Hall–Kier alpha value is 0. The van der Waals surface area contributed by atoms with Gasteiger partial charge in [0.15, 0.2) is 0 Å². The molecule has 2 rings (SSSR count). The van der Waals surface area contributed by atoms with E-state index in [1.165, 1.54) is 70.6 Å². The molecular weight excluding hydrogens is 264 g/mol. The molecule has 0 aromatic carbocycles. The van der Waals surface area contributed by atoms with Crippen LogP contribution >= 0.6 is 0 Å². The maximum atomic E-state index is 2.36. The van der Waals surface area contributed by atoms with Gasteiger partial charge in [-0.15, -0.1) is 0 Å². The van der Waals surface area contributed by atoms with E-state index in [1.807, 2.05) is 0 Å². The second-order valence-electron chi connectivity index (χ2n) is 8.85. The highest BCUT2D eigenvalue weighted by molar-refractivity contribution is 4.81. The van der Waals surface area contributed by atoms with E-state index in [4.69, 9.17) is 0 Å². The van der Waals surface area contributed by atoms with E-state index in [0.717, 1.165) is 23.7 Å². The maximum absolute atomic E-state index is 2.36. The largest absolute Gasteiger partial charge is 0.0628 e. The Bertz CT molecular complexity index is 237. The first-order valence-electron chi connectivity index (χ1n) is 10.8. The van der Waals surface area contributed by atoms with Crippen LogP contribution in [0.15, 0.2) is 0 Å². The molecule has 2 fully saturated rings. The fraction of sp³-hybridized carbons (Fsp3) is 1.00. The summed E-state index contributed by atoms with van der Waals surface area (Å²) in [5.74, 6) is 4.21. The molecule has 0 heteroatoms. The van der Waals surface area contributed by atoms with E-state index in [9.17, 15) is 0 Å². The van der Waals surface area contributed by atoms with Crippen LogP contribution in [0.2, 0.25) is 0 Å². The molecule has 2 saturated carbocycles. The third-order valence-electron chi connectivity index (χ3n) is 6.58. The van der Waals surface area contributed by atoms with Crippen molar-refractivity contribution < 1.29 is 0 Å². The molecule has 130 valence electrons. The maximum Gasteiger partial charge on any atom is -0.0357 e. The zero-order chi connectivity index (χ0) is 15.6. The van der Waals surface area contributed by atoms with Crippen LogP contribution in [0.4, 0.5) is 0 Å². The summed E-state index contributed by atoms with van der Waals surface area (Å²) in [6, 6.07) is 0. The molecule has 0 nitrogen and oxygen atoms in total. The van der Waals surface area contributed by atoms with Crippen molar-refractivity contribution in [1.82, 2.24) is 0 Å². The first kappa shape index (κ1) is 18.3. The highest BCUT2D eigenvalue weighted by atomic mass is 14.4. The summed E-state index contributed by atoms with van der Waals surface area (Å²) >= 11 is 0. The van der Waals surface area contributed by atoms with Gasteiger partial charge in [0.2, 0.25) is 0 Å². The molecule has 0 N–H and O–H groups in total. The SMILES string of the molecule is CC(C)CCCCCCC(C1CCCCC1)C1CCCCC1. The minimum atomic E-state index is 0.900. The highest BCUT2D eigenvalue weighted by Crippen LogP contribution is 2.42. The predicted octanol–water partition coefficient (Wildman–Crippen LogP) is 7.76. The first-order chi connectivity index (χ1) is 10.8. The van der Waals surface area contributed by atoms with Crippen LogP contribution in [0.3, 0.4) is 0 Å². The summed E-state index contributed by atoms with van der Waals surface area (Å²) < 4.78 is 0. The number of unbranched alkanes of at least 4 members (excludes halogenated alkanes) is 3. The fourth-order valence-corrected chi connectivity index (χ4v) is 5.27. The van der Waals surface area contributed by atoms with Crippen LogP contribution < -0.4 is 0 Å². The van der Waals surface area contributed by atoms with Gasteiger partial charge in [-0.3, -0.25) is 0 Å². The quantitative estimate of drug-likeness (QED) is 0.382. The Morgan fingerprint density at radius 2 is 1.05 bits per heavy atom. The number of hydrogen-bond donors (Lipinski definition) is 0. The zero-order valence-electron chi connectivity index (χ0n) is 15.6. The molecule has 22 heavy (non-hydrogen) atoms. The van der Waals surface area contributed by atoms with Gasteiger partial charge in [-0.25, -0.2) is 0 Å². The molecule has 0 radical (unpaired) electrons. The molecule has 0 atom stereocenters. The van der Waals surface area contributed by atoms with Gasteiger partial charge in [0.1, 0.15) is 0 Å². The molecule has 0 amide bonds. The molecule has 2 aliphatic rings. The molecule has 0 aromatic rings. The van der Waals surface area contributed by atoms with Gasteiger partial charge in [0, 0.05) is 0 Å². The third kappa shape index (κ3) is 6.63. The van der Waals surface area contributed by atoms with Crippen molar-refractivity contribution >= 4 is 0 Å². The van der Waals surface area contributed by atoms with E-state index < -0.39 is 0 Å². The van der Waals surface area contributed by atoms with Crippen molar-refractivity contribution in [2.75, 3.05) is 0 Å². The van der Waals surface area contributed by atoms with E-state index in [-0.39, 0.29) is 0 Å². The lowest BCUT2D eigenvalue weighted by Crippen LogP contribution is -2.27. The number of rotatable bonds is 9. The van der Waals surface area contributed by atoms with Gasteiger partial charge in [-0.05, 0) is 30.1 Å². The van der Waals surface area contributed by atoms with Gasteiger partial charge < -0.3 is 0 Å². The molecule has 0 heterocycles. The van der Waals surface area contributed by atoms with E-state index in [0.29, 0.717) is 0 Å². The molecular formula is C22H42. The summed E-state index contributed by atoms with van der Waals surface area (Å²) in [6.07, 6.45) is 24.4. The summed E-state index contributed by atoms with van der Waals surface area (Å²) in [5, 5.41) is 0. The normalized spacial score (nSPS) is 21.8. The van der Waals surface area contributed by atoms with E-state index in [2.05, 4.69) is 13.8 Å². The Balaban J connectivity index is 1.71. The topological polar surface area (TPSA) is 0 Å². The molecule has 0 bridgehead atoms. The van der Waals surface area contributed by atoms with E-state index >= 15 is 0 Å². The fourth-order valence-electron chi connectivity index (χ4n) is 5.27. The standard InChI is InChI=1S/C22H42/c1-19(2)13-7-3-4-12-18-22(20-14-8-5-9-15-20)21-16-10-6-11-17-21/h19-22H,3-18H2,1-2H3. The van der Waals surface area contributed by atoms with Crippen molar-refractivity contribution in [1.29, 1.82) is 0 Å². The lowest BCUT2D eigenvalue weighted by molar-refractivity contribution is 0.131. The molecule has 0 aromatic heterocycles. The second-order valence-corrected chi connectivity index (χ2v) is 8.85. The van der Waals surface area contributed by atoms with Crippen LogP contribution in [0, 0.1) is 23.7 Å². The Kier molecular flexibility index (Phi) is 8.93. The molecule has 0 saturated heterocycles. The third-order valence-corrected chi connectivity index (χ3v) is 6.58. The van der Waals surface area contributed by atoms with Crippen molar-refractivity contribution in [3.05, 3.63) is 0 Å². The van der Waals surface area contributed by atoms with Crippen molar-refractivity contribution in [2.24, 2.45) is 23.7 Å². The summed E-state index contributed by atoms with van der Waals surface area (Å²) in [7, 11) is 0. The number of hydrogen-bond acceptors (Lipinski definition) is 0. The van der Waals surface area contributed by atoms with Crippen molar-refractivity contribution in [2.45, 2.75) is 117 Å². The minimum Gasteiger partial charge on any atom is -0.0628 e. The van der Waals surface area contributed by atoms with Crippen molar-refractivity contribution in [3.8, 4) is 0 Å². The van der Waals surface area contributed by atoms with Crippen LogP contribution in [-0.4, -0.2) is 0 Å². The van der Waals surface area contributed by atoms with E-state index in [1.54, 1.807) is 32.1 Å². The van der Waals surface area contributed by atoms with Gasteiger partial charge in [0.05, 0.1) is 0 Å². The van der Waals surface area contributed by atoms with Crippen molar-refractivity contribution in [3.63, 3.8) is 0 Å². The lowest BCUT2D eigenvalue weighted by Gasteiger charge is -2.38. The van der Waals surface area contributed by atoms with Gasteiger partial charge in [-0.2, -0.15) is 0 Å². The Morgan fingerprint density at radius 1 is 0.591 bits per heavy atom. The predicted molar refractivity (Wildman–Crippen MR) is 99.2 cm³/mol. The van der Waals surface area contributed by atoms with Crippen LogP contribution in [0.1, 0.15) is 117 Å².